The van der Waals surface area contributed by atoms with Crippen molar-refractivity contribution in [2.45, 2.75) is 72.1 Å². The number of rotatable bonds is 9. The fourth-order valence-corrected chi connectivity index (χ4v) is 1.96. The summed E-state index contributed by atoms with van der Waals surface area (Å²) in [4.78, 5) is 0. The van der Waals surface area contributed by atoms with Gasteiger partial charge in [0.25, 0.3) is 0 Å². The van der Waals surface area contributed by atoms with Gasteiger partial charge in [-0.1, -0.05) is 45.4 Å². The molecular weight excluding hydrogens is 224 g/mol. The van der Waals surface area contributed by atoms with Crippen molar-refractivity contribution in [3.63, 3.8) is 0 Å². The molecule has 0 saturated heterocycles. The monoisotopic (exact) mass is 250 g/mol. The van der Waals surface area contributed by atoms with E-state index in [1.54, 1.807) is 4.68 Å². The van der Waals surface area contributed by atoms with Crippen LogP contribution in [0.3, 0.4) is 0 Å². The van der Waals surface area contributed by atoms with Crippen LogP contribution in [0.1, 0.15) is 69.9 Å². The van der Waals surface area contributed by atoms with Crippen LogP contribution >= 0.6 is 0 Å². The van der Waals surface area contributed by atoms with E-state index in [0.29, 0.717) is 0 Å². The van der Waals surface area contributed by atoms with Crippen LogP contribution in [0.2, 0.25) is 0 Å². The quantitative estimate of drug-likeness (QED) is 0.493. The van der Waals surface area contributed by atoms with Crippen LogP contribution in [0.25, 0.3) is 0 Å². The molecule has 0 amide bonds. The average Bonchev–Trinajstić information content (AvgIpc) is 2.68. The van der Waals surface area contributed by atoms with Crippen molar-refractivity contribution >= 4 is 6.21 Å². The van der Waals surface area contributed by atoms with Crippen LogP contribution < -0.4 is 0 Å². The molecule has 1 rings (SSSR count). The number of unbranched alkanes of at least 4 members (excludes halogenated alkanes) is 7. The molecule has 0 unspecified atom stereocenters. The highest BCUT2D eigenvalue weighted by Crippen LogP contribution is 2.07. The molecule has 4 nitrogen and oxygen atoms in total. The second-order valence-electron chi connectivity index (χ2n) is 4.81. The summed E-state index contributed by atoms with van der Waals surface area (Å²) in [5.41, 5.74) is 0. The molecule has 1 heterocycles. The van der Waals surface area contributed by atoms with E-state index in [1.807, 2.05) is 20.1 Å². The summed E-state index contributed by atoms with van der Waals surface area (Å²) in [7, 11) is 0. The molecule has 0 atom stereocenters. The molecule has 0 fully saturated rings. The van der Waals surface area contributed by atoms with Crippen molar-refractivity contribution in [3.05, 3.63) is 11.6 Å². The van der Waals surface area contributed by atoms with Crippen LogP contribution in [0.5, 0.6) is 0 Å². The predicted octanol–water partition coefficient (Wildman–Crippen LogP) is 3.87. The van der Waals surface area contributed by atoms with Crippen molar-refractivity contribution in [3.8, 4) is 0 Å². The van der Waals surface area contributed by atoms with E-state index < -0.39 is 0 Å². The van der Waals surface area contributed by atoms with Gasteiger partial charge in [-0.3, -0.25) is 0 Å². The van der Waals surface area contributed by atoms with Gasteiger partial charge < -0.3 is 0 Å². The van der Waals surface area contributed by atoms with Crippen LogP contribution in [0.15, 0.2) is 5.10 Å². The molecule has 0 radical (unpaired) electrons. The summed E-state index contributed by atoms with van der Waals surface area (Å²) in [6.45, 7) is 6.10. The third-order valence-electron chi connectivity index (χ3n) is 3.09. The molecule has 1 aromatic heterocycles. The summed E-state index contributed by atoms with van der Waals surface area (Å²) in [5, 5.41) is 12.3. The standard InChI is InChI=1S/C14H26N4/c1-4-5-6-7-8-9-10-11-12-15-18-13(2)16-17-14(18)3/h12H,4-11H2,1-3H3. The lowest BCUT2D eigenvalue weighted by atomic mass is 10.1. The number of hydrogen-bond acceptors (Lipinski definition) is 3. The SMILES string of the molecule is CCCCCCCCCC=Nn1c(C)nnc1C. The molecule has 102 valence electrons. The number of aromatic nitrogens is 3. The minimum atomic E-state index is 0.850. The van der Waals surface area contributed by atoms with Gasteiger partial charge in [0.1, 0.15) is 0 Å². The van der Waals surface area contributed by atoms with Crippen LogP contribution in [-0.4, -0.2) is 21.1 Å². The van der Waals surface area contributed by atoms with Gasteiger partial charge in [0.15, 0.2) is 11.6 Å². The van der Waals surface area contributed by atoms with Crippen molar-refractivity contribution in [1.29, 1.82) is 0 Å². The zero-order valence-corrected chi connectivity index (χ0v) is 12.0. The Balaban J connectivity index is 2.07. The van der Waals surface area contributed by atoms with Crippen LogP contribution in [-0.2, 0) is 0 Å². The summed E-state index contributed by atoms with van der Waals surface area (Å²) >= 11 is 0. The number of nitrogens with zero attached hydrogens (tertiary/aromatic N) is 4. The number of aryl methyl sites for hydroxylation is 2. The first-order valence-electron chi connectivity index (χ1n) is 7.17. The minimum Gasteiger partial charge on any atom is -0.202 e. The van der Waals surface area contributed by atoms with E-state index in [0.717, 1.165) is 18.1 Å². The van der Waals surface area contributed by atoms with E-state index in [4.69, 9.17) is 0 Å². The molecule has 4 heteroatoms. The topological polar surface area (TPSA) is 43.1 Å². The number of hydrogen-bond donors (Lipinski definition) is 0. The molecule has 0 bridgehead atoms. The fourth-order valence-electron chi connectivity index (χ4n) is 1.96. The first-order valence-corrected chi connectivity index (χ1v) is 7.17. The highest BCUT2D eigenvalue weighted by Gasteiger charge is 2.00. The largest absolute Gasteiger partial charge is 0.202 e. The average molecular weight is 250 g/mol. The second kappa shape index (κ2) is 8.84. The summed E-state index contributed by atoms with van der Waals surface area (Å²) < 4.78 is 1.79. The van der Waals surface area contributed by atoms with E-state index in [-0.39, 0.29) is 0 Å². The Bertz CT molecular complexity index is 335. The Kier molecular flexibility index (Phi) is 7.30. The zero-order chi connectivity index (χ0) is 13.2. The molecule has 0 aliphatic carbocycles. The van der Waals surface area contributed by atoms with Crippen molar-refractivity contribution in [1.82, 2.24) is 14.9 Å². The Morgan fingerprint density at radius 2 is 1.50 bits per heavy atom. The second-order valence-corrected chi connectivity index (χ2v) is 4.81. The van der Waals surface area contributed by atoms with Crippen molar-refractivity contribution < 1.29 is 0 Å². The first-order chi connectivity index (χ1) is 8.75. The Labute approximate surface area is 111 Å². The van der Waals surface area contributed by atoms with Crippen molar-refractivity contribution in [2.24, 2.45) is 5.10 Å². The third-order valence-corrected chi connectivity index (χ3v) is 3.09. The normalized spacial score (nSPS) is 11.5. The molecule has 0 saturated carbocycles. The smallest absolute Gasteiger partial charge is 0.151 e. The Hall–Kier alpha value is -1.19. The maximum Gasteiger partial charge on any atom is 0.151 e. The van der Waals surface area contributed by atoms with E-state index in [1.165, 1.54) is 44.9 Å². The lowest BCUT2D eigenvalue weighted by Crippen LogP contribution is -1.95. The van der Waals surface area contributed by atoms with E-state index in [2.05, 4.69) is 22.2 Å². The molecular formula is C14H26N4. The summed E-state index contributed by atoms with van der Waals surface area (Å²) in [6, 6.07) is 0. The maximum absolute atomic E-state index is 4.38. The zero-order valence-electron chi connectivity index (χ0n) is 12.0. The van der Waals surface area contributed by atoms with Gasteiger partial charge in [0, 0.05) is 6.21 Å². The summed E-state index contributed by atoms with van der Waals surface area (Å²) in [6.07, 6.45) is 12.4. The predicted molar refractivity (Wildman–Crippen MR) is 76.0 cm³/mol. The van der Waals surface area contributed by atoms with Gasteiger partial charge in [-0.2, -0.15) is 5.10 Å². The molecule has 0 N–H and O–H groups in total. The van der Waals surface area contributed by atoms with Gasteiger partial charge in [-0.15, -0.1) is 10.2 Å². The lowest BCUT2D eigenvalue weighted by molar-refractivity contribution is 0.595. The van der Waals surface area contributed by atoms with Crippen molar-refractivity contribution in [2.75, 3.05) is 0 Å². The Morgan fingerprint density at radius 3 is 2.11 bits per heavy atom. The van der Waals surface area contributed by atoms with E-state index >= 15 is 0 Å². The minimum absolute atomic E-state index is 0.850. The third kappa shape index (κ3) is 5.43. The van der Waals surface area contributed by atoms with Gasteiger partial charge >= 0.3 is 0 Å². The molecule has 0 aromatic carbocycles. The first kappa shape index (κ1) is 14.9. The molecule has 0 aliphatic heterocycles. The molecule has 0 spiro atoms. The molecule has 0 aliphatic rings. The highest BCUT2D eigenvalue weighted by atomic mass is 15.4. The van der Waals surface area contributed by atoms with Gasteiger partial charge in [0.05, 0.1) is 0 Å². The van der Waals surface area contributed by atoms with Gasteiger partial charge in [0.2, 0.25) is 0 Å². The van der Waals surface area contributed by atoms with E-state index in [9.17, 15) is 0 Å². The summed E-state index contributed by atoms with van der Waals surface area (Å²) in [5.74, 6) is 1.70. The molecule has 1 aromatic rings. The maximum atomic E-state index is 4.38. The van der Waals surface area contributed by atoms with Gasteiger partial charge in [-0.25, -0.2) is 4.68 Å². The highest BCUT2D eigenvalue weighted by molar-refractivity contribution is 5.56. The van der Waals surface area contributed by atoms with Crippen LogP contribution in [0.4, 0.5) is 0 Å². The van der Waals surface area contributed by atoms with Gasteiger partial charge in [-0.05, 0) is 26.7 Å². The van der Waals surface area contributed by atoms with Crippen LogP contribution in [0, 0.1) is 13.8 Å². The fraction of sp³-hybridized carbons (Fsp3) is 0.786. The lowest BCUT2D eigenvalue weighted by Gasteiger charge is -1.99. The Morgan fingerprint density at radius 1 is 0.944 bits per heavy atom. The molecule has 18 heavy (non-hydrogen) atoms.